The third-order valence-corrected chi connectivity index (χ3v) is 5.69. The van der Waals surface area contributed by atoms with Crippen LogP contribution in [0, 0.1) is 0 Å². The first-order valence-corrected chi connectivity index (χ1v) is 11.7. The smallest absolute Gasteiger partial charge is 0.257 e. The fourth-order valence-electron chi connectivity index (χ4n) is 3.95. The molecular weight excluding hydrogens is 414 g/mol. The van der Waals surface area contributed by atoms with Gasteiger partial charge in [-0.1, -0.05) is 37.6 Å². The van der Waals surface area contributed by atoms with Crippen LogP contribution in [0.5, 0.6) is 0 Å². The van der Waals surface area contributed by atoms with E-state index in [1.807, 2.05) is 47.9 Å². The summed E-state index contributed by atoms with van der Waals surface area (Å²) >= 11 is 0. The summed E-state index contributed by atoms with van der Waals surface area (Å²) in [4.78, 5) is 22.8. The maximum Gasteiger partial charge on any atom is 0.257 e. The number of hydrogen-bond acceptors (Lipinski definition) is 5. The Morgan fingerprint density at radius 1 is 1.03 bits per heavy atom. The first-order chi connectivity index (χ1) is 16.1. The topological polar surface area (TPSA) is 95.1 Å². The molecule has 0 spiro atoms. The van der Waals surface area contributed by atoms with Crippen LogP contribution in [0.1, 0.15) is 49.0 Å². The van der Waals surface area contributed by atoms with E-state index in [1.54, 1.807) is 0 Å². The number of nitrogens with zero attached hydrogens (tertiary/aromatic N) is 3. The standard InChI is InChI=1S/C26H31N5O2/c1-3-5-9-18-12-14-19(15-13-18)31-24(27)22(26(32)28-16-8-17-33-4-2)23-25(31)30-21-11-7-6-10-20(21)29-23/h6-7,10-15H,3-5,8-9,16-17,27H2,1-2H3,(H,28,32). The summed E-state index contributed by atoms with van der Waals surface area (Å²) in [5.74, 6) is 0.0841. The molecular formula is C26H31N5O2. The summed E-state index contributed by atoms with van der Waals surface area (Å²) < 4.78 is 7.18. The molecule has 0 radical (unpaired) electrons. The largest absolute Gasteiger partial charge is 0.384 e. The molecule has 0 bridgehead atoms. The molecule has 0 aliphatic carbocycles. The Morgan fingerprint density at radius 2 is 1.76 bits per heavy atom. The van der Waals surface area contributed by atoms with Gasteiger partial charge in [-0.15, -0.1) is 0 Å². The molecule has 2 heterocycles. The number of nitrogens with two attached hydrogens (primary N) is 1. The van der Waals surface area contributed by atoms with Crippen LogP contribution in [-0.4, -0.2) is 40.2 Å². The number of amides is 1. The van der Waals surface area contributed by atoms with Crippen molar-refractivity contribution in [1.29, 1.82) is 0 Å². The van der Waals surface area contributed by atoms with E-state index in [-0.39, 0.29) is 5.91 Å². The lowest BCUT2D eigenvalue weighted by molar-refractivity contribution is 0.0946. The maximum atomic E-state index is 13.2. The van der Waals surface area contributed by atoms with E-state index in [1.165, 1.54) is 5.56 Å². The molecule has 2 aromatic carbocycles. The summed E-state index contributed by atoms with van der Waals surface area (Å²) in [5.41, 5.74) is 11.6. The lowest BCUT2D eigenvalue weighted by Gasteiger charge is -2.09. The van der Waals surface area contributed by atoms with Crippen LogP contribution < -0.4 is 11.1 Å². The van der Waals surface area contributed by atoms with Crippen molar-refractivity contribution in [3.8, 4) is 5.69 Å². The van der Waals surface area contributed by atoms with E-state index in [4.69, 9.17) is 20.4 Å². The van der Waals surface area contributed by atoms with Crippen molar-refractivity contribution in [2.45, 2.75) is 39.5 Å². The van der Waals surface area contributed by atoms with E-state index in [2.05, 4.69) is 24.4 Å². The molecule has 0 fully saturated rings. The molecule has 2 aromatic heterocycles. The van der Waals surface area contributed by atoms with Crippen molar-refractivity contribution < 1.29 is 9.53 Å². The minimum Gasteiger partial charge on any atom is -0.384 e. The Hall–Kier alpha value is -3.45. The highest BCUT2D eigenvalue weighted by Crippen LogP contribution is 2.31. The van der Waals surface area contributed by atoms with E-state index in [0.717, 1.165) is 42.4 Å². The molecule has 0 saturated carbocycles. The molecule has 3 N–H and O–H groups in total. The lowest BCUT2D eigenvalue weighted by atomic mass is 10.1. The Labute approximate surface area is 194 Å². The number of rotatable bonds is 10. The fraction of sp³-hybridized carbons (Fsp3) is 0.346. The summed E-state index contributed by atoms with van der Waals surface area (Å²) in [7, 11) is 0. The van der Waals surface area contributed by atoms with Gasteiger partial charge in [-0.05, 0) is 56.0 Å². The zero-order valence-corrected chi connectivity index (χ0v) is 19.3. The minimum absolute atomic E-state index is 0.253. The third-order valence-electron chi connectivity index (χ3n) is 5.69. The van der Waals surface area contributed by atoms with Gasteiger partial charge in [0.15, 0.2) is 5.65 Å². The second kappa shape index (κ2) is 10.4. The molecule has 0 aliphatic rings. The van der Waals surface area contributed by atoms with Gasteiger partial charge in [0.25, 0.3) is 5.91 Å². The van der Waals surface area contributed by atoms with Crippen molar-refractivity contribution in [3.63, 3.8) is 0 Å². The number of anilines is 1. The predicted molar refractivity (Wildman–Crippen MR) is 133 cm³/mol. The average molecular weight is 446 g/mol. The second-order valence-electron chi connectivity index (χ2n) is 8.06. The van der Waals surface area contributed by atoms with Crippen LogP contribution in [0.4, 0.5) is 5.82 Å². The maximum absolute atomic E-state index is 13.2. The number of nitrogens with one attached hydrogen (secondary N) is 1. The van der Waals surface area contributed by atoms with Crippen molar-refractivity contribution >= 4 is 33.9 Å². The Kier molecular flexibility index (Phi) is 7.19. The number of fused-ring (bicyclic) bond motifs is 2. The molecule has 0 aliphatic heterocycles. The number of para-hydroxylation sites is 2. The molecule has 4 rings (SSSR count). The van der Waals surface area contributed by atoms with Gasteiger partial charge in [-0.2, -0.15) is 0 Å². The van der Waals surface area contributed by atoms with Crippen LogP contribution in [0.2, 0.25) is 0 Å². The number of carbonyl (C=O) groups is 1. The number of aromatic nitrogens is 3. The number of carbonyl (C=O) groups excluding carboxylic acids is 1. The van der Waals surface area contributed by atoms with Gasteiger partial charge < -0.3 is 15.8 Å². The van der Waals surface area contributed by atoms with Gasteiger partial charge >= 0.3 is 0 Å². The monoisotopic (exact) mass is 445 g/mol. The van der Waals surface area contributed by atoms with Crippen LogP contribution >= 0.6 is 0 Å². The van der Waals surface area contributed by atoms with Crippen LogP contribution in [0.3, 0.4) is 0 Å². The Bertz CT molecular complexity index is 1250. The van der Waals surface area contributed by atoms with Crippen LogP contribution in [0.15, 0.2) is 48.5 Å². The number of ether oxygens (including phenoxy) is 1. The van der Waals surface area contributed by atoms with Crippen molar-refractivity contribution in [1.82, 2.24) is 19.9 Å². The lowest BCUT2D eigenvalue weighted by Crippen LogP contribution is -2.26. The van der Waals surface area contributed by atoms with Gasteiger partial charge in [-0.3, -0.25) is 9.36 Å². The Balaban J connectivity index is 1.76. The van der Waals surface area contributed by atoms with Crippen LogP contribution in [-0.2, 0) is 11.2 Å². The highest BCUT2D eigenvalue weighted by molar-refractivity contribution is 6.11. The van der Waals surface area contributed by atoms with Gasteiger partial charge in [0.05, 0.1) is 11.0 Å². The zero-order chi connectivity index (χ0) is 23.2. The predicted octanol–water partition coefficient (Wildman–Crippen LogP) is 4.65. The SMILES string of the molecule is CCCCc1ccc(-n2c(N)c(C(=O)NCCCOCC)c3nc4ccccc4nc32)cc1. The highest BCUT2D eigenvalue weighted by atomic mass is 16.5. The Morgan fingerprint density at radius 3 is 2.45 bits per heavy atom. The summed E-state index contributed by atoms with van der Waals surface area (Å²) in [6.45, 7) is 5.90. The molecule has 0 unspecified atom stereocenters. The minimum atomic E-state index is -0.253. The first-order valence-electron chi connectivity index (χ1n) is 11.7. The zero-order valence-electron chi connectivity index (χ0n) is 19.3. The quantitative estimate of drug-likeness (QED) is 0.346. The van der Waals surface area contributed by atoms with E-state index in [0.29, 0.717) is 42.3 Å². The van der Waals surface area contributed by atoms with Gasteiger partial charge in [0.1, 0.15) is 16.9 Å². The van der Waals surface area contributed by atoms with E-state index in [9.17, 15) is 4.79 Å². The average Bonchev–Trinajstić information content (AvgIpc) is 3.12. The van der Waals surface area contributed by atoms with Crippen molar-refractivity contribution in [3.05, 3.63) is 59.7 Å². The highest BCUT2D eigenvalue weighted by Gasteiger charge is 2.24. The van der Waals surface area contributed by atoms with Crippen LogP contribution in [0.25, 0.3) is 27.9 Å². The van der Waals surface area contributed by atoms with Crippen molar-refractivity contribution in [2.24, 2.45) is 0 Å². The first kappa shape index (κ1) is 22.7. The second-order valence-corrected chi connectivity index (χ2v) is 8.06. The molecule has 4 aromatic rings. The number of unbranched alkanes of at least 4 members (excludes halogenated alkanes) is 1. The molecule has 0 atom stereocenters. The molecule has 7 heteroatoms. The summed E-state index contributed by atoms with van der Waals surface area (Å²) in [6, 6.07) is 15.9. The van der Waals surface area contributed by atoms with Gasteiger partial charge in [0, 0.05) is 25.4 Å². The fourth-order valence-corrected chi connectivity index (χ4v) is 3.95. The van der Waals surface area contributed by atoms with Gasteiger partial charge in [-0.25, -0.2) is 9.97 Å². The summed E-state index contributed by atoms with van der Waals surface area (Å²) in [6.07, 6.45) is 4.08. The number of aryl methyl sites for hydroxylation is 1. The summed E-state index contributed by atoms with van der Waals surface area (Å²) in [5, 5.41) is 2.96. The molecule has 33 heavy (non-hydrogen) atoms. The third kappa shape index (κ3) is 4.83. The molecule has 172 valence electrons. The van der Waals surface area contributed by atoms with Gasteiger partial charge in [0.2, 0.25) is 0 Å². The normalized spacial score (nSPS) is 11.3. The molecule has 7 nitrogen and oxygen atoms in total. The number of benzene rings is 2. The van der Waals surface area contributed by atoms with E-state index < -0.39 is 0 Å². The number of hydrogen-bond donors (Lipinski definition) is 2. The molecule has 1 amide bonds. The number of nitrogen functional groups attached to an aromatic ring is 1. The van der Waals surface area contributed by atoms with Crippen molar-refractivity contribution in [2.75, 3.05) is 25.5 Å². The molecule has 0 saturated heterocycles. The van der Waals surface area contributed by atoms with E-state index >= 15 is 0 Å².